The van der Waals surface area contributed by atoms with Gasteiger partial charge in [0.2, 0.25) is 0 Å². The normalized spacial score (nSPS) is 20.5. The monoisotopic (exact) mass is 340 g/mol. The van der Waals surface area contributed by atoms with Gasteiger partial charge in [0.15, 0.2) is 0 Å². The molecule has 1 atom stereocenters. The molecule has 4 rings (SSSR count). The Morgan fingerprint density at radius 2 is 1.96 bits per heavy atom. The van der Waals surface area contributed by atoms with Crippen LogP contribution in [0.25, 0.3) is 0 Å². The summed E-state index contributed by atoms with van der Waals surface area (Å²) in [6.07, 6.45) is 2.38. The highest BCUT2D eigenvalue weighted by atomic mass is 35.5. The molecule has 0 spiro atoms. The topological polar surface area (TPSA) is 24.8 Å². The second-order valence-electron chi connectivity index (χ2n) is 6.54. The Morgan fingerprint density at radius 3 is 2.75 bits per heavy atom. The zero-order valence-corrected chi connectivity index (χ0v) is 14.4. The predicted octanol–water partition coefficient (Wildman–Crippen LogP) is 4.33. The Morgan fingerprint density at radius 1 is 1.12 bits per heavy atom. The van der Waals surface area contributed by atoms with E-state index < -0.39 is 0 Å². The third kappa shape index (κ3) is 3.33. The average molecular weight is 341 g/mol. The number of hydrogen-bond donors (Lipinski definition) is 0. The molecule has 1 saturated heterocycles. The molecule has 0 aromatic heterocycles. The van der Waals surface area contributed by atoms with E-state index in [-0.39, 0.29) is 0 Å². The Bertz CT molecular complexity index is 736. The highest BCUT2D eigenvalue weighted by Gasteiger charge is 2.23. The maximum Gasteiger partial charge on any atom is 0.0979 e. The molecule has 2 aromatic carbocycles. The van der Waals surface area contributed by atoms with Crippen molar-refractivity contribution in [2.75, 3.05) is 19.8 Å². The minimum absolute atomic E-state index is 0.569. The van der Waals surface area contributed by atoms with Crippen LogP contribution in [0.3, 0.4) is 0 Å². The van der Waals surface area contributed by atoms with Gasteiger partial charge in [0.25, 0.3) is 0 Å². The van der Waals surface area contributed by atoms with Gasteiger partial charge in [-0.1, -0.05) is 48.0 Å². The summed E-state index contributed by atoms with van der Waals surface area (Å²) in [5.41, 5.74) is 4.69. The van der Waals surface area contributed by atoms with Gasteiger partial charge in [-0.25, -0.2) is 0 Å². The van der Waals surface area contributed by atoms with Gasteiger partial charge in [-0.15, -0.1) is 0 Å². The molecule has 4 heteroatoms. The Kier molecular flexibility index (Phi) is 4.54. The third-order valence-corrected chi connectivity index (χ3v) is 4.96. The molecule has 0 amide bonds. The lowest BCUT2D eigenvalue weighted by molar-refractivity contribution is 0.0374. The van der Waals surface area contributed by atoms with E-state index >= 15 is 0 Å². The number of hydrazone groups is 1. The van der Waals surface area contributed by atoms with Gasteiger partial charge >= 0.3 is 0 Å². The summed E-state index contributed by atoms with van der Waals surface area (Å²) in [4.78, 5) is 0. The molecule has 0 N–H and O–H groups in total. The highest BCUT2D eigenvalue weighted by molar-refractivity contribution is 6.30. The van der Waals surface area contributed by atoms with E-state index in [2.05, 4.69) is 29.3 Å². The summed E-state index contributed by atoms with van der Waals surface area (Å²) in [5, 5.41) is 7.92. The number of halogens is 1. The van der Waals surface area contributed by atoms with Crippen molar-refractivity contribution in [3.63, 3.8) is 0 Å². The van der Waals surface area contributed by atoms with E-state index in [1.165, 1.54) is 17.5 Å². The fraction of sp³-hybridized carbons (Fsp3) is 0.350. The van der Waals surface area contributed by atoms with Crippen LogP contribution < -0.4 is 0 Å². The van der Waals surface area contributed by atoms with E-state index in [9.17, 15) is 0 Å². The van der Waals surface area contributed by atoms with Crippen LogP contribution in [0.15, 0.2) is 53.6 Å². The van der Waals surface area contributed by atoms with Crippen molar-refractivity contribution in [2.45, 2.75) is 19.4 Å². The zero-order chi connectivity index (χ0) is 16.4. The molecular formula is C20H21ClN2O. The van der Waals surface area contributed by atoms with Gasteiger partial charge in [-0.05, 0) is 30.5 Å². The maximum absolute atomic E-state index is 6.04. The summed E-state index contributed by atoms with van der Waals surface area (Å²) in [6, 6.07) is 16.5. The molecule has 0 saturated carbocycles. The van der Waals surface area contributed by atoms with Gasteiger partial charge in [-0.3, -0.25) is 5.01 Å². The van der Waals surface area contributed by atoms with Crippen LogP contribution in [0.4, 0.5) is 0 Å². The fourth-order valence-electron chi connectivity index (χ4n) is 3.49. The molecule has 2 aliphatic heterocycles. The summed E-state index contributed by atoms with van der Waals surface area (Å²) < 4.78 is 5.63. The standard InChI is InChI=1S/C20H21ClN2O/c21-18-9-7-16(8-10-18)20-19-6-2-1-5-17(19)13-23(22-20)12-15-4-3-11-24-14-15/h1-2,5-10,15H,3-4,11-14H2. The number of fused-ring (bicyclic) bond motifs is 1. The molecule has 2 aliphatic rings. The minimum Gasteiger partial charge on any atom is -0.381 e. The van der Waals surface area contributed by atoms with Crippen LogP contribution in [0.2, 0.25) is 5.02 Å². The average Bonchev–Trinajstić information content (AvgIpc) is 2.63. The number of rotatable bonds is 3. The van der Waals surface area contributed by atoms with Crippen molar-refractivity contribution in [1.29, 1.82) is 0 Å². The number of hydrogen-bond acceptors (Lipinski definition) is 3. The first kappa shape index (κ1) is 15.7. The molecule has 3 nitrogen and oxygen atoms in total. The largest absolute Gasteiger partial charge is 0.381 e. The van der Waals surface area contributed by atoms with Crippen molar-refractivity contribution >= 4 is 17.3 Å². The summed E-state index contributed by atoms with van der Waals surface area (Å²) in [6.45, 7) is 3.57. The second-order valence-corrected chi connectivity index (χ2v) is 6.98. The summed E-state index contributed by atoms with van der Waals surface area (Å²) in [5.74, 6) is 0.569. The van der Waals surface area contributed by atoms with Crippen LogP contribution in [0.5, 0.6) is 0 Å². The van der Waals surface area contributed by atoms with Gasteiger partial charge in [-0.2, -0.15) is 5.10 Å². The fourth-order valence-corrected chi connectivity index (χ4v) is 3.62. The lowest BCUT2D eigenvalue weighted by Gasteiger charge is -2.32. The number of benzene rings is 2. The van der Waals surface area contributed by atoms with Crippen molar-refractivity contribution < 1.29 is 4.74 Å². The molecule has 0 radical (unpaired) electrons. The van der Waals surface area contributed by atoms with Crippen molar-refractivity contribution in [2.24, 2.45) is 11.0 Å². The summed E-state index contributed by atoms with van der Waals surface area (Å²) in [7, 11) is 0. The molecular weight excluding hydrogens is 320 g/mol. The molecule has 1 unspecified atom stereocenters. The van der Waals surface area contributed by atoms with E-state index in [1.807, 2.05) is 24.3 Å². The molecule has 1 fully saturated rings. The van der Waals surface area contributed by atoms with Crippen LogP contribution in [0.1, 0.15) is 29.5 Å². The first-order chi connectivity index (χ1) is 11.8. The van der Waals surface area contributed by atoms with E-state index in [0.717, 1.165) is 49.0 Å². The van der Waals surface area contributed by atoms with Crippen LogP contribution in [0, 0.1) is 5.92 Å². The lowest BCUT2D eigenvalue weighted by atomic mass is 9.95. The molecule has 24 heavy (non-hydrogen) atoms. The van der Waals surface area contributed by atoms with E-state index in [4.69, 9.17) is 21.4 Å². The van der Waals surface area contributed by atoms with Gasteiger partial charge in [0, 0.05) is 35.2 Å². The first-order valence-corrected chi connectivity index (χ1v) is 8.93. The van der Waals surface area contributed by atoms with Crippen molar-refractivity contribution in [3.05, 3.63) is 70.2 Å². The Balaban J connectivity index is 1.65. The highest BCUT2D eigenvalue weighted by Crippen LogP contribution is 2.25. The van der Waals surface area contributed by atoms with Gasteiger partial charge < -0.3 is 4.74 Å². The SMILES string of the molecule is Clc1ccc(C2=NN(CC3CCCOC3)Cc3ccccc32)cc1. The molecule has 2 heterocycles. The molecule has 0 bridgehead atoms. The quantitative estimate of drug-likeness (QED) is 0.830. The molecule has 0 aliphatic carbocycles. The Labute approximate surface area is 147 Å². The van der Waals surface area contributed by atoms with E-state index in [0.29, 0.717) is 5.92 Å². The first-order valence-electron chi connectivity index (χ1n) is 8.55. The molecule has 2 aromatic rings. The lowest BCUT2D eigenvalue weighted by Crippen LogP contribution is -2.33. The van der Waals surface area contributed by atoms with Gasteiger partial charge in [0.05, 0.1) is 18.9 Å². The number of nitrogens with zero attached hydrogens (tertiary/aromatic N) is 2. The van der Waals surface area contributed by atoms with E-state index in [1.54, 1.807) is 0 Å². The van der Waals surface area contributed by atoms with Crippen LogP contribution >= 0.6 is 11.6 Å². The minimum atomic E-state index is 0.569. The smallest absolute Gasteiger partial charge is 0.0979 e. The maximum atomic E-state index is 6.04. The molecule has 124 valence electrons. The zero-order valence-electron chi connectivity index (χ0n) is 13.6. The third-order valence-electron chi connectivity index (χ3n) is 4.71. The Hall–Kier alpha value is -1.84. The predicted molar refractivity (Wildman–Crippen MR) is 97.5 cm³/mol. The summed E-state index contributed by atoms with van der Waals surface area (Å²) >= 11 is 6.04. The van der Waals surface area contributed by atoms with Crippen LogP contribution in [-0.2, 0) is 11.3 Å². The van der Waals surface area contributed by atoms with Crippen molar-refractivity contribution in [1.82, 2.24) is 5.01 Å². The van der Waals surface area contributed by atoms with Gasteiger partial charge in [0.1, 0.15) is 0 Å². The number of ether oxygens (including phenoxy) is 1. The second kappa shape index (κ2) is 6.96. The van der Waals surface area contributed by atoms with Crippen LogP contribution in [-0.4, -0.2) is 30.5 Å². The van der Waals surface area contributed by atoms with Crippen molar-refractivity contribution in [3.8, 4) is 0 Å².